The third kappa shape index (κ3) is 5.19. The number of H-pyrrole nitrogens is 1. The van der Waals surface area contributed by atoms with Crippen LogP contribution in [0.5, 0.6) is 17.2 Å². The van der Waals surface area contributed by atoms with E-state index in [0.29, 0.717) is 34.0 Å². The van der Waals surface area contributed by atoms with E-state index in [1.807, 2.05) is 13.0 Å². The molecule has 3 N–H and O–H groups in total. The number of aromatic amines is 1. The van der Waals surface area contributed by atoms with Gasteiger partial charge in [0.2, 0.25) is 0 Å². The van der Waals surface area contributed by atoms with Crippen LogP contribution in [-0.4, -0.2) is 30.9 Å². The number of aromatic nitrogens is 3. The van der Waals surface area contributed by atoms with Crippen LogP contribution in [0.15, 0.2) is 76.1 Å². The molecule has 5 aromatic rings. The van der Waals surface area contributed by atoms with Crippen molar-refractivity contribution in [3.63, 3.8) is 0 Å². The molecule has 12 heteroatoms. The average molecular weight is 524 g/mol. The lowest BCUT2D eigenvalue weighted by molar-refractivity contribution is 0.417. The highest BCUT2D eigenvalue weighted by molar-refractivity contribution is 7.92. The molecule has 0 atom stereocenters. The van der Waals surface area contributed by atoms with Crippen molar-refractivity contribution in [2.45, 2.75) is 18.2 Å². The average Bonchev–Trinajstić information content (AvgIpc) is 3.51. The molecule has 2 heterocycles. The van der Waals surface area contributed by atoms with E-state index in [4.69, 9.17) is 14.0 Å². The second-order valence-corrected chi connectivity index (χ2v) is 9.66. The third-order valence-electron chi connectivity index (χ3n) is 5.46. The SMILES string of the molecule is CCc1cc(Nc2cc3onc(NS(=O)(=O)c4cccc(Oc5ccc(F)cc5)c4)c3cc2OC)n[nH]1. The van der Waals surface area contributed by atoms with Crippen LogP contribution >= 0.6 is 0 Å². The molecule has 0 aliphatic heterocycles. The topological polar surface area (TPSA) is 131 Å². The van der Waals surface area contributed by atoms with Crippen molar-refractivity contribution in [3.05, 3.63) is 78.2 Å². The lowest BCUT2D eigenvalue weighted by Crippen LogP contribution is -2.13. The number of methoxy groups -OCH3 is 1. The van der Waals surface area contributed by atoms with Crippen LogP contribution in [0.2, 0.25) is 0 Å². The van der Waals surface area contributed by atoms with Gasteiger partial charge in [-0.1, -0.05) is 18.1 Å². The molecule has 0 saturated carbocycles. The zero-order chi connectivity index (χ0) is 26.0. The molecule has 190 valence electrons. The van der Waals surface area contributed by atoms with Gasteiger partial charge in [0, 0.05) is 23.9 Å². The van der Waals surface area contributed by atoms with Gasteiger partial charge in [-0.25, -0.2) is 12.8 Å². The van der Waals surface area contributed by atoms with Gasteiger partial charge in [0.1, 0.15) is 23.1 Å². The lowest BCUT2D eigenvalue weighted by atomic mass is 10.2. The number of fused-ring (bicyclic) bond motifs is 1. The van der Waals surface area contributed by atoms with Crippen molar-refractivity contribution in [2.24, 2.45) is 0 Å². The van der Waals surface area contributed by atoms with Crippen LogP contribution in [0.25, 0.3) is 11.0 Å². The second-order valence-electron chi connectivity index (χ2n) is 7.97. The molecule has 0 unspecified atom stereocenters. The van der Waals surface area contributed by atoms with Crippen LogP contribution in [0, 0.1) is 5.82 Å². The molecule has 10 nitrogen and oxygen atoms in total. The van der Waals surface area contributed by atoms with Crippen molar-refractivity contribution in [1.29, 1.82) is 0 Å². The van der Waals surface area contributed by atoms with Gasteiger partial charge in [-0.3, -0.25) is 9.82 Å². The summed E-state index contributed by atoms with van der Waals surface area (Å²) in [5.41, 5.74) is 1.87. The molecule has 37 heavy (non-hydrogen) atoms. The first-order chi connectivity index (χ1) is 17.8. The number of hydrogen-bond donors (Lipinski definition) is 3. The van der Waals surface area contributed by atoms with Crippen LogP contribution in [0.1, 0.15) is 12.6 Å². The Kier molecular flexibility index (Phi) is 6.40. The third-order valence-corrected chi connectivity index (χ3v) is 6.80. The summed E-state index contributed by atoms with van der Waals surface area (Å²) < 4.78 is 58.4. The maximum Gasteiger partial charge on any atom is 0.263 e. The molecule has 0 spiro atoms. The minimum absolute atomic E-state index is 0.00209. The number of halogens is 1. The van der Waals surface area contributed by atoms with E-state index in [1.54, 1.807) is 18.2 Å². The van der Waals surface area contributed by atoms with Crippen molar-refractivity contribution >= 4 is 38.3 Å². The summed E-state index contributed by atoms with van der Waals surface area (Å²) in [6.45, 7) is 2.01. The molecule has 3 aromatic carbocycles. The number of nitrogens with one attached hydrogen (secondary N) is 3. The van der Waals surface area contributed by atoms with Crippen molar-refractivity contribution in [1.82, 2.24) is 15.4 Å². The summed E-state index contributed by atoms with van der Waals surface area (Å²) in [5, 5.41) is 14.6. The van der Waals surface area contributed by atoms with Gasteiger partial charge in [0.05, 0.1) is 23.1 Å². The molecular formula is C25H22FN5O5S. The summed E-state index contributed by atoms with van der Waals surface area (Å²) >= 11 is 0. The maximum atomic E-state index is 13.1. The lowest BCUT2D eigenvalue weighted by Gasteiger charge is -2.10. The number of sulfonamides is 1. The van der Waals surface area contributed by atoms with Crippen molar-refractivity contribution in [2.75, 3.05) is 17.1 Å². The van der Waals surface area contributed by atoms with Gasteiger partial charge in [-0.2, -0.15) is 5.10 Å². The van der Waals surface area contributed by atoms with Crippen LogP contribution in [-0.2, 0) is 16.4 Å². The fourth-order valence-corrected chi connectivity index (χ4v) is 4.63. The van der Waals surface area contributed by atoms with Gasteiger partial charge in [0.15, 0.2) is 17.2 Å². The quantitative estimate of drug-likeness (QED) is 0.228. The van der Waals surface area contributed by atoms with Crippen LogP contribution < -0.4 is 19.5 Å². The second kappa shape index (κ2) is 9.82. The van der Waals surface area contributed by atoms with Crippen molar-refractivity contribution in [3.8, 4) is 17.2 Å². The maximum absolute atomic E-state index is 13.1. The monoisotopic (exact) mass is 523 g/mol. The first-order valence-corrected chi connectivity index (χ1v) is 12.7. The van der Waals surface area contributed by atoms with E-state index in [2.05, 4.69) is 25.4 Å². The Balaban J connectivity index is 1.40. The standard InChI is InChI=1S/C25H22FN5O5S/c1-3-16-11-24(29-28-16)27-21-14-22-20(13-23(21)34-2)25(30-36-22)31-37(32,33)19-6-4-5-18(12-19)35-17-9-7-15(26)8-10-17/h4-14H,3H2,1-2H3,(H,30,31)(H2,27,28,29). The summed E-state index contributed by atoms with van der Waals surface area (Å²) in [5.74, 6) is 1.26. The molecule has 0 bridgehead atoms. The Morgan fingerprint density at radius 3 is 2.59 bits per heavy atom. The Morgan fingerprint density at radius 2 is 1.86 bits per heavy atom. The number of hydrogen-bond acceptors (Lipinski definition) is 8. The van der Waals surface area contributed by atoms with Gasteiger partial charge in [0.25, 0.3) is 10.0 Å². The number of benzene rings is 3. The zero-order valence-electron chi connectivity index (χ0n) is 19.8. The van der Waals surface area contributed by atoms with E-state index in [1.165, 1.54) is 49.6 Å². The van der Waals surface area contributed by atoms with Gasteiger partial charge < -0.3 is 19.3 Å². The molecule has 0 aliphatic carbocycles. The van der Waals surface area contributed by atoms with E-state index < -0.39 is 15.8 Å². The summed E-state index contributed by atoms with van der Waals surface area (Å²) in [4.78, 5) is -0.0567. The zero-order valence-corrected chi connectivity index (χ0v) is 20.6. The minimum Gasteiger partial charge on any atom is -0.495 e. The van der Waals surface area contributed by atoms with Gasteiger partial charge >= 0.3 is 0 Å². The molecule has 0 radical (unpaired) electrons. The molecular weight excluding hydrogens is 501 g/mol. The van der Waals surface area contributed by atoms with E-state index in [-0.39, 0.29) is 16.5 Å². The fraction of sp³-hybridized carbons (Fsp3) is 0.120. The number of aryl methyl sites for hydroxylation is 1. The molecule has 0 fully saturated rings. The summed E-state index contributed by atoms with van der Waals surface area (Å²) in [6, 6.07) is 16.4. The Bertz CT molecular complexity index is 1660. The first-order valence-electron chi connectivity index (χ1n) is 11.2. The molecule has 0 saturated heterocycles. The highest BCUT2D eigenvalue weighted by Gasteiger charge is 2.21. The molecule has 0 amide bonds. The Hall–Kier alpha value is -4.58. The van der Waals surface area contributed by atoms with Gasteiger partial charge in [-0.05, 0) is 48.9 Å². The number of nitrogens with zero attached hydrogens (tertiary/aromatic N) is 2. The van der Waals surface area contributed by atoms with E-state index in [0.717, 1.165) is 12.1 Å². The fourth-order valence-electron chi connectivity index (χ4n) is 3.58. The normalized spacial score (nSPS) is 11.4. The van der Waals surface area contributed by atoms with Crippen molar-refractivity contribution < 1.29 is 26.8 Å². The van der Waals surface area contributed by atoms with Crippen LogP contribution in [0.3, 0.4) is 0 Å². The van der Waals surface area contributed by atoms with Crippen LogP contribution in [0.4, 0.5) is 21.7 Å². The minimum atomic E-state index is -4.06. The predicted molar refractivity (Wildman–Crippen MR) is 136 cm³/mol. The van der Waals surface area contributed by atoms with Gasteiger partial charge in [-0.15, -0.1) is 0 Å². The summed E-state index contributed by atoms with van der Waals surface area (Å²) in [6.07, 6.45) is 0.803. The van der Waals surface area contributed by atoms with E-state index >= 15 is 0 Å². The predicted octanol–water partition coefficient (Wildman–Crippen LogP) is 5.60. The number of rotatable bonds is 9. The smallest absolute Gasteiger partial charge is 0.263 e. The van der Waals surface area contributed by atoms with E-state index in [9.17, 15) is 12.8 Å². The molecule has 5 rings (SSSR count). The Labute approximate surface area is 211 Å². The summed E-state index contributed by atoms with van der Waals surface area (Å²) in [7, 11) is -2.56. The largest absolute Gasteiger partial charge is 0.495 e. The Morgan fingerprint density at radius 1 is 1.05 bits per heavy atom. The highest BCUT2D eigenvalue weighted by atomic mass is 32.2. The number of ether oxygens (including phenoxy) is 2. The molecule has 0 aliphatic rings. The first kappa shape index (κ1) is 24.1. The molecule has 2 aromatic heterocycles. The highest BCUT2D eigenvalue weighted by Crippen LogP contribution is 2.36. The number of anilines is 3.